The van der Waals surface area contributed by atoms with E-state index in [0.717, 1.165) is 5.69 Å². The molecule has 0 saturated carbocycles. The molecule has 1 unspecified atom stereocenters. The summed E-state index contributed by atoms with van der Waals surface area (Å²) in [7, 11) is 1.63. The molecule has 1 amide bonds. The third kappa shape index (κ3) is 6.28. The molecule has 0 saturated heterocycles. The molecule has 34 heavy (non-hydrogen) atoms. The summed E-state index contributed by atoms with van der Waals surface area (Å²) in [6.45, 7) is 0.399. The molecular formula is C21H23N8O4P. The van der Waals surface area contributed by atoms with E-state index in [1.54, 1.807) is 30.5 Å². The number of unbranched alkanes of at least 4 members (excludes halogenated alkanes) is 1. The standard InChI is InChI=1S/C21H23N8O4P/c1-29(11-13-10-24-18-16(25-13)17(22)27-21(23)28-18)14-7-5-12(6-8-14)19(30)26-15(20(31)32)4-2-3-9-34-33/h5-8,10,15H,2-4,11H2,1H3,(H,26,30)(H,31,32)(H4,22,23,24,27,28). The maximum atomic E-state index is 12.5. The van der Waals surface area contributed by atoms with E-state index in [1.165, 1.54) is 0 Å². The Labute approximate surface area is 195 Å². The Kier molecular flexibility index (Phi) is 8.13. The van der Waals surface area contributed by atoms with Crippen LogP contribution in [0.5, 0.6) is 0 Å². The molecule has 0 spiro atoms. The number of nitrogen functional groups attached to an aromatic ring is 2. The summed E-state index contributed by atoms with van der Waals surface area (Å²) < 4.78 is 10.4. The Morgan fingerprint density at radius 2 is 1.94 bits per heavy atom. The molecule has 12 nitrogen and oxygen atoms in total. The summed E-state index contributed by atoms with van der Waals surface area (Å²) in [5.74, 6) is -1.45. The van der Waals surface area contributed by atoms with Crippen LogP contribution in [0.15, 0.2) is 30.5 Å². The summed E-state index contributed by atoms with van der Waals surface area (Å²) in [6.07, 6.45) is 2.60. The van der Waals surface area contributed by atoms with Crippen molar-refractivity contribution < 1.29 is 19.3 Å². The second-order valence-corrected chi connectivity index (χ2v) is 7.91. The Balaban J connectivity index is 1.65. The molecule has 2 heterocycles. The number of fused-ring (bicyclic) bond motifs is 1. The molecule has 0 aliphatic heterocycles. The SMILES string of the molecule is CN(Cc1cnc2nc(N)nc(N)c2n1)c1ccc(C(=O)NC(CCCC#P=O)C(=O)O)cc1. The molecule has 13 heteroatoms. The van der Waals surface area contributed by atoms with E-state index in [2.05, 4.69) is 30.9 Å². The van der Waals surface area contributed by atoms with Crippen molar-refractivity contribution in [2.24, 2.45) is 0 Å². The number of carboxylic acids is 1. The molecule has 1 aromatic carbocycles. The monoisotopic (exact) mass is 482 g/mol. The Morgan fingerprint density at radius 1 is 1.21 bits per heavy atom. The summed E-state index contributed by atoms with van der Waals surface area (Å²) >= 11 is 0. The predicted octanol–water partition coefficient (Wildman–Crippen LogP) is 1.82. The second-order valence-electron chi connectivity index (χ2n) is 7.41. The second kappa shape index (κ2) is 11.2. The Morgan fingerprint density at radius 3 is 2.62 bits per heavy atom. The van der Waals surface area contributed by atoms with Gasteiger partial charge in [-0.05, 0) is 0 Å². The number of rotatable bonds is 9. The molecule has 0 fully saturated rings. The van der Waals surface area contributed by atoms with Crippen LogP contribution in [0.25, 0.3) is 11.2 Å². The van der Waals surface area contributed by atoms with E-state index < -0.39 is 17.9 Å². The van der Waals surface area contributed by atoms with Gasteiger partial charge in [-0.15, -0.1) is 0 Å². The van der Waals surface area contributed by atoms with Crippen LogP contribution in [-0.4, -0.2) is 50.0 Å². The van der Waals surface area contributed by atoms with E-state index in [0.29, 0.717) is 41.8 Å². The minimum absolute atomic E-state index is 0.0268. The van der Waals surface area contributed by atoms with Gasteiger partial charge in [0.2, 0.25) is 5.95 Å². The average molecular weight is 482 g/mol. The Hall–Kier alpha value is -4.01. The van der Waals surface area contributed by atoms with Gasteiger partial charge in [0.1, 0.15) is 0 Å². The zero-order chi connectivity index (χ0) is 24.7. The summed E-state index contributed by atoms with van der Waals surface area (Å²) in [5, 5.41) is 11.9. The zero-order valence-corrected chi connectivity index (χ0v) is 19.2. The van der Waals surface area contributed by atoms with Crippen molar-refractivity contribution in [3.63, 3.8) is 0 Å². The van der Waals surface area contributed by atoms with Crippen molar-refractivity contribution in [3.8, 4) is 5.63 Å². The van der Waals surface area contributed by atoms with Gasteiger partial charge in [0, 0.05) is 7.05 Å². The minimum atomic E-state index is -1.13. The number of carbonyl (C=O) groups is 2. The number of anilines is 3. The summed E-state index contributed by atoms with van der Waals surface area (Å²) in [5.41, 5.74) is 16.4. The third-order valence-electron chi connectivity index (χ3n) is 4.92. The van der Waals surface area contributed by atoms with Crippen LogP contribution >= 0.6 is 7.92 Å². The van der Waals surface area contributed by atoms with Gasteiger partial charge >= 0.3 is 116 Å². The van der Waals surface area contributed by atoms with E-state index in [-0.39, 0.29) is 26.1 Å². The van der Waals surface area contributed by atoms with E-state index in [4.69, 9.17) is 11.5 Å². The molecular weight excluding hydrogens is 459 g/mol. The van der Waals surface area contributed by atoms with Crippen LogP contribution in [-0.2, 0) is 15.9 Å². The van der Waals surface area contributed by atoms with Gasteiger partial charge < -0.3 is 11.5 Å². The number of amides is 1. The molecule has 2 aromatic heterocycles. The van der Waals surface area contributed by atoms with Gasteiger partial charge in [0.25, 0.3) is 0 Å². The summed E-state index contributed by atoms with van der Waals surface area (Å²) in [4.78, 5) is 42.4. The number of carboxylic acid groups (broad SMARTS) is 1. The zero-order valence-electron chi connectivity index (χ0n) is 18.3. The Bertz CT molecular complexity index is 1310. The fourth-order valence-corrected chi connectivity index (χ4v) is 3.44. The first-order chi connectivity index (χ1) is 16.3. The van der Waals surface area contributed by atoms with Crippen LogP contribution in [0.3, 0.4) is 0 Å². The quantitative estimate of drug-likeness (QED) is 0.257. The number of hydrogen-bond acceptors (Lipinski definition) is 10. The van der Waals surface area contributed by atoms with Crippen LogP contribution in [0.4, 0.5) is 17.5 Å². The maximum absolute atomic E-state index is 12.5. The van der Waals surface area contributed by atoms with Crippen molar-refractivity contribution >= 4 is 48.4 Å². The fraction of sp³-hybridized carbons (Fsp3) is 0.286. The molecule has 6 N–H and O–H groups in total. The van der Waals surface area contributed by atoms with Crippen LogP contribution < -0.4 is 21.7 Å². The predicted molar refractivity (Wildman–Crippen MR) is 127 cm³/mol. The van der Waals surface area contributed by atoms with E-state index in [9.17, 15) is 19.3 Å². The van der Waals surface area contributed by atoms with Gasteiger partial charge in [0.05, 0.1) is 18.4 Å². The van der Waals surface area contributed by atoms with Crippen molar-refractivity contribution in [2.75, 3.05) is 23.4 Å². The van der Waals surface area contributed by atoms with Crippen molar-refractivity contribution in [3.05, 3.63) is 41.7 Å². The molecule has 0 bridgehead atoms. The number of benzene rings is 1. The molecule has 1 atom stereocenters. The van der Waals surface area contributed by atoms with Crippen molar-refractivity contribution in [1.82, 2.24) is 25.3 Å². The van der Waals surface area contributed by atoms with Crippen LogP contribution in [0, 0.1) is 5.63 Å². The number of carbonyl (C=O) groups excluding carboxylic acids is 1. The fourth-order valence-electron chi connectivity index (χ4n) is 3.19. The van der Waals surface area contributed by atoms with E-state index in [1.807, 2.05) is 11.9 Å². The average Bonchev–Trinajstić information content (AvgIpc) is 2.81. The van der Waals surface area contributed by atoms with Gasteiger partial charge in [-0.25, -0.2) is 9.97 Å². The normalized spacial score (nSPS) is 11.4. The van der Waals surface area contributed by atoms with E-state index >= 15 is 0 Å². The first-order valence-corrected chi connectivity index (χ1v) is 11.0. The number of aromatic nitrogens is 4. The topological polar surface area (TPSA) is 190 Å². The van der Waals surface area contributed by atoms with Crippen LogP contribution in [0.2, 0.25) is 0 Å². The van der Waals surface area contributed by atoms with Crippen LogP contribution in [0.1, 0.15) is 35.3 Å². The van der Waals surface area contributed by atoms with Gasteiger partial charge in [-0.3, -0.25) is 0 Å². The molecule has 176 valence electrons. The number of nitrogens with two attached hydrogens (primary N) is 2. The molecule has 0 aliphatic rings. The van der Waals surface area contributed by atoms with Gasteiger partial charge in [-0.2, -0.15) is 9.97 Å². The third-order valence-corrected chi connectivity index (χ3v) is 5.27. The van der Waals surface area contributed by atoms with Crippen molar-refractivity contribution in [1.29, 1.82) is 0 Å². The number of aliphatic carboxylic acids is 1. The number of nitrogens with one attached hydrogen (secondary N) is 1. The first kappa shape index (κ1) is 24.6. The number of nitrogens with zero attached hydrogens (tertiary/aromatic N) is 5. The van der Waals surface area contributed by atoms with Gasteiger partial charge in [-0.1, -0.05) is 0 Å². The molecule has 3 aromatic rings. The molecule has 0 radical (unpaired) electrons. The van der Waals surface area contributed by atoms with Gasteiger partial charge in [0.15, 0.2) is 17.0 Å². The van der Waals surface area contributed by atoms with Crippen molar-refractivity contribution in [2.45, 2.75) is 31.8 Å². The number of hydrogen-bond donors (Lipinski definition) is 4. The first-order valence-electron chi connectivity index (χ1n) is 10.2. The molecule has 3 rings (SSSR count). The summed E-state index contributed by atoms with van der Waals surface area (Å²) in [6, 6.07) is 5.67. The molecule has 0 aliphatic carbocycles.